The van der Waals surface area contributed by atoms with Crippen LogP contribution >= 0.6 is 0 Å². The van der Waals surface area contributed by atoms with Crippen molar-refractivity contribution in [1.82, 2.24) is 5.32 Å². The van der Waals surface area contributed by atoms with Gasteiger partial charge in [0.1, 0.15) is 0 Å². The molecule has 46 valence electrons. The molecule has 0 radical (unpaired) electrons. The molecule has 1 heterocycles. The fourth-order valence-corrected chi connectivity index (χ4v) is 0.655. The molecule has 0 atom stereocenters. The molecule has 9 heavy (non-hydrogen) atoms. The molecule has 1 aliphatic heterocycles. The van der Waals surface area contributed by atoms with Gasteiger partial charge in [-0.15, -0.1) is 0 Å². The third kappa shape index (κ3) is 1.42. The molecule has 0 spiro atoms. The van der Waals surface area contributed by atoms with E-state index in [1.165, 1.54) is 6.08 Å². The Hall–Kier alpha value is -1.06. The van der Waals surface area contributed by atoms with E-state index in [0.29, 0.717) is 5.71 Å². The molecule has 0 fully saturated rings. The minimum absolute atomic E-state index is 0.104. The first-order valence-corrected chi connectivity index (χ1v) is 2.60. The van der Waals surface area contributed by atoms with Crippen LogP contribution in [0.1, 0.15) is 6.92 Å². The van der Waals surface area contributed by atoms with Crippen molar-refractivity contribution in [2.24, 2.45) is 4.99 Å². The number of aliphatic hydroxyl groups is 1. The van der Waals surface area contributed by atoms with Crippen molar-refractivity contribution in [1.29, 1.82) is 0 Å². The molecule has 0 aromatic heterocycles. The summed E-state index contributed by atoms with van der Waals surface area (Å²) in [5, 5.41) is 11.4. The van der Waals surface area contributed by atoms with Crippen LogP contribution in [0.4, 0.5) is 0 Å². The van der Waals surface area contributed by atoms with E-state index in [9.17, 15) is 0 Å². The van der Waals surface area contributed by atoms with Crippen LogP contribution in [0.2, 0.25) is 0 Å². The average Bonchev–Trinajstić information content (AvgIpc) is 1.59. The van der Waals surface area contributed by atoms with Gasteiger partial charge in [0.15, 0.2) is 0 Å². The number of nitrogens with one attached hydrogen (secondary N) is 1. The summed E-state index contributed by atoms with van der Waals surface area (Å²) in [7, 11) is 3.52. The SMILES string of the molecule is B=C1N=C(C)C=C(O)N1. The number of nitrogens with zero attached hydrogens (tertiary/aromatic N) is 1. The molecule has 0 aliphatic carbocycles. The molecular formula is C5H7BN2O. The summed E-state index contributed by atoms with van der Waals surface area (Å²) in [6.45, 7) is 1.79. The second kappa shape index (κ2) is 2.05. The Balaban J connectivity index is 2.86. The van der Waals surface area contributed by atoms with Crippen LogP contribution < -0.4 is 5.32 Å². The molecule has 0 amide bonds. The van der Waals surface area contributed by atoms with Gasteiger partial charge in [-0.2, -0.15) is 0 Å². The van der Waals surface area contributed by atoms with Crippen molar-refractivity contribution in [3.05, 3.63) is 12.0 Å². The van der Waals surface area contributed by atoms with Gasteiger partial charge in [0.25, 0.3) is 0 Å². The Morgan fingerprint density at radius 2 is 2.44 bits per heavy atom. The van der Waals surface area contributed by atoms with Gasteiger partial charge in [-0.25, -0.2) is 0 Å². The fourth-order valence-electron chi connectivity index (χ4n) is 0.655. The zero-order valence-electron chi connectivity index (χ0n) is 5.18. The fraction of sp³-hybridized carbons (Fsp3) is 0.200. The Morgan fingerprint density at radius 3 is 2.89 bits per heavy atom. The van der Waals surface area contributed by atoms with Crippen LogP contribution in [0.5, 0.6) is 0 Å². The van der Waals surface area contributed by atoms with Gasteiger partial charge in [0.05, 0.1) is 0 Å². The third-order valence-electron chi connectivity index (χ3n) is 0.929. The van der Waals surface area contributed by atoms with Crippen molar-refractivity contribution in [2.75, 3.05) is 0 Å². The van der Waals surface area contributed by atoms with Crippen LogP contribution in [0.15, 0.2) is 17.0 Å². The van der Waals surface area contributed by atoms with Gasteiger partial charge >= 0.3 is 53.2 Å². The molecule has 2 N–H and O–H groups in total. The van der Waals surface area contributed by atoms with Crippen molar-refractivity contribution in [2.45, 2.75) is 6.92 Å². The van der Waals surface area contributed by atoms with Gasteiger partial charge in [-0.3, -0.25) is 0 Å². The second-order valence-electron chi connectivity index (χ2n) is 1.85. The molecule has 3 nitrogen and oxygen atoms in total. The van der Waals surface area contributed by atoms with Crippen LogP contribution in [0.3, 0.4) is 0 Å². The van der Waals surface area contributed by atoms with Crippen molar-refractivity contribution in [3.63, 3.8) is 0 Å². The molecule has 1 aliphatic rings. The normalized spacial score (nSPS) is 18.0. The zero-order chi connectivity index (χ0) is 6.85. The second-order valence-corrected chi connectivity index (χ2v) is 1.85. The summed E-state index contributed by atoms with van der Waals surface area (Å²) in [6, 6.07) is 0. The van der Waals surface area contributed by atoms with Crippen LogP contribution in [-0.4, -0.2) is 24.0 Å². The topological polar surface area (TPSA) is 44.6 Å². The minimum atomic E-state index is 0.104. The summed E-state index contributed by atoms with van der Waals surface area (Å²) in [5.74, 6) is 0.104. The van der Waals surface area contributed by atoms with Gasteiger partial charge < -0.3 is 0 Å². The van der Waals surface area contributed by atoms with Gasteiger partial charge in [-0.05, 0) is 0 Å². The zero-order valence-corrected chi connectivity index (χ0v) is 5.18. The molecular weight excluding hydrogens is 115 g/mol. The number of allylic oxidation sites excluding steroid dienone is 1. The van der Waals surface area contributed by atoms with Gasteiger partial charge in [-0.1, -0.05) is 0 Å². The van der Waals surface area contributed by atoms with E-state index in [4.69, 9.17) is 5.11 Å². The van der Waals surface area contributed by atoms with Crippen molar-refractivity contribution >= 4 is 18.9 Å². The predicted molar refractivity (Wildman–Crippen MR) is 39.1 cm³/mol. The summed E-state index contributed by atoms with van der Waals surface area (Å²) in [5.41, 5.74) is 1.24. The Kier molecular flexibility index (Phi) is 1.38. The van der Waals surface area contributed by atoms with E-state index in [1.807, 2.05) is 0 Å². The van der Waals surface area contributed by atoms with E-state index in [2.05, 4.69) is 17.8 Å². The standard InChI is InChI=1S/C5H7BN2O/c1-3-2-4(9)8-5(6)7-3/h2,6,8-9H,1H3. The predicted octanol–water partition coefficient (Wildman–Crippen LogP) is -0.562. The monoisotopic (exact) mass is 122 g/mol. The maximum atomic E-state index is 8.86. The molecule has 0 saturated carbocycles. The molecule has 0 unspecified atom stereocenters. The molecule has 4 heteroatoms. The van der Waals surface area contributed by atoms with E-state index >= 15 is 0 Å². The maximum absolute atomic E-state index is 8.86. The van der Waals surface area contributed by atoms with Crippen LogP contribution in [-0.2, 0) is 0 Å². The quantitative estimate of drug-likeness (QED) is 0.423. The molecule has 0 aromatic carbocycles. The van der Waals surface area contributed by atoms with Crippen molar-refractivity contribution in [3.8, 4) is 0 Å². The number of aliphatic imine (C=N–C) groups is 1. The number of hydrogen-bond acceptors (Lipinski definition) is 3. The number of aliphatic hydroxyl groups excluding tert-OH is 1. The van der Waals surface area contributed by atoms with Crippen LogP contribution in [0, 0.1) is 0 Å². The Labute approximate surface area is 54.2 Å². The first-order valence-electron chi connectivity index (χ1n) is 2.60. The van der Waals surface area contributed by atoms with E-state index in [1.54, 1.807) is 6.92 Å². The molecule has 0 saturated heterocycles. The first kappa shape index (κ1) is 6.07. The summed E-state index contributed by atoms with van der Waals surface area (Å²) >= 11 is 0. The van der Waals surface area contributed by atoms with Crippen molar-refractivity contribution < 1.29 is 5.11 Å². The van der Waals surface area contributed by atoms with Crippen LogP contribution in [0.25, 0.3) is 0 Å². The Morgan fingerprint density at radius 1 is 1.78 bits per heavy atom. The van der Waals surface area contributed by atoms with E-state index in [-0.39, 0.29) is 5.88 Å². The third-order valence-corrected chi connectivity index (χ3v) is 0.929. The molecule has 0 aromatic rings. The summed E-state index contributed by atoms with van der Waals surface area (Å²) in [4.78, 5) is 3.91. The summed E-state index contributed by atoms with van der Waals surface area (Å²) < 4.78 is 0. The van der Waals surface area contributed by atoms with Gasteiger partial charge in [0.2, 0.25) is 0 Å². The average molecular weight is 122 g/mol. The summed E-state index contributed by atoms with van der Waals surface area (Å²) in [6.07, 6.45) is 1.54. The van der Waals surface area contributed by atoms with E-state index < -0.39 is 0 Å². The number of rotatable bonds is 0. The molecule has 1 rings (SSSR count). The first-order chi connectivity index (χ1) is 4.18. The Bertz CT molecular complexity index is 207. The number of hydrogen-bond donors (Lipinski definition) is 2. The van der Waals surface area contributed by atoms with E-state index in [0.717, 1.165) is 5.71 Å². The molecule has 0 bridgehead atoms. The van der Waals surface area contributed by atoms with Gasteiger partial charge in [0, 0.05) is 0 Å².